The van der Waals surface area contributed by atoms with Gasteiger partial charge < -0.3 is 0 Å². The van der Waals surface area contributed by atoms with Gasteiger partial charge in [-0.1, -0.05) is 6.42 Å². The first-order chi connectivity index (χ1) is 9.33. The van der Waals surface area contributed by atoms with Crippen LogP contribution >= 0.6 is 0 Å². The highest BCUT2D eigenvalue weighted by atomic mass is 16.1. The SMILES string of the molecule is O=C1CCCCC/C1=N\Nc1ccc2[nH]ncc2c1. The quantitative estimate of drug-likeness (QED) is 0.641. The predicted molar refractivity (Wildman–Crippen MR) is 75.2 cm³/mol. The van der Waals surface area contributed by atoms with Crippen molar-refractivity contribution >= 4 is 28.1 Å². The zero-order valence-corrected chi connectivity index (χ0v) is 10.6. The van der Waals surface area contributed by atoms with Crippen LogP contribution in [0.4, 0.5) is 5.69 Å². The van der Waals surface area contributed by atoms with Crippen molar-refractivity contribution in [2.24, 2.45) is 5.10 Å². The second-order valence-corrected chi connectivity index (χ2v) is 4.83. The predicted octanol–water partition coefficient (Wildman–Crippen LogP) is 2.86. The summed E-state index contributed by atoms with van der Waals surface area (Å²) >= 11 is 0. The molecule has 0 unspecified atom stereocenters. The Balaban J connectivity index is 1.78. The lowest BCUT2D eigenvalue weighted by Gasteiger charge is -2.04. The van der Waals surface area contributed by atoms with Gasteiger partial charge in [0, 0.05) is 11.8 Å². The van der Waals surface area contributed by atoms with E-state index < -0.39 is 0 Å². The van der Waals surface area contributed by atoms with Crippen molar-refractivity contribution in [2.75, 3.05) is 5.43 Å². The molecule has 5 nitrogen and oxygen atoms in total. The topological polar surface area (TPSA) is 70.1 Å². The van der Waals surface area contributed by atoms with Gasteiger partial charge in [0.2, 0.25) is 0 Å². The molecule has 0 spiro atoms. The fourth-order valence-corrected chi connectivity index (χ4v) is 2.30. The van der Waals surface area contributed by atoms with Crippen LogP contribution in [0.3, 0.4) is 0 Å². The van der Waals surface area contributed by atoms with Crippen LogP contribution in [0.25, 0.3) is 10.9 Å². The number of nitrogens with zero attached hydrogens (tertiary/aromatic N) is 2. The van der Waals surface area contributed by atoms with Gasteiger partial charge in [0.1, 0.15) is 5.71 Å². The van der Waals surface area contributed by atoms with E-state index in [0.29, 0.717) is 12.1 Å². The summed E-state index contributed by atoms with van der Waals surface area (Å²) in [6, 6.07) is 5.83. The van der Waals surface area contributed by atoms with Gasteiger partial charge in [-0.3, -0.25) is 15.3 Å². The number of benzene rings is 1. The first-order valence-corrected chi connectivity index (χ1v) is 6.62. The lowest BCUT2D eigenvalue weighted by molar-refractivity contribution is -0.113. The number of carbonyl (C=O) groups is 1. The molecule has 0 saturated heterocycles. The minimum atomic E-state index is 0.175. The van der Waals surface area contributed by atoms with E-state index >= 15 is 0 Å². The molecule has 1 aromatic carbocycles. The van der Waals surface area contributed by atoms with Gasteiger partial charge in [-0.05, 0) is 37.5 Å². The number of anilines is 1. The van der Waals surface area contributed by atoms with Crippen molar-refractivity contribution in [1.29, 1.82) is 0 Å². The molecule has 0 bridgehead atoms. The third-order valence-corrected chi connectivity index (χ3v) is 3.40. The molecule has 0 aliphatic heterocycles. The number of Topliss-reactive ketones (excluding diaryl/α,β-unsaturated/α-hetero) is 1. The summed E-state index contributed by atoms with van der Waals surface area (Å²) in [4.78, 5) is 11.8. The van der Waals surface area contributed by atoms with E-state index in [4.69, 9.17) is 0 Å². The van der Waals surface area contributed by atoms with E-state index in [9.17, 15) is 4.79 Å². The fraction of sp³-hybridized carbons (Fsp3) is 0.357. The van der Waals surface area contributed by atoms with Crippen LogP contribution in [0.5, 0.6) is 0 Å². The highest BCUT2D eigenvalue weighted by molar-refractivity contribution is 6.40. The van der Waals surface area contributed by atoms with Crippen LogP contribution in [-0.2, 0) is 4.79 Å². The second kappa shape index (κ2) is 5.22. The van der Waals surface area contributed by atoms with Crippen LogP contribution in [0.15, 0.2) is 29.5 Å². The number of aromatic amines is 1. The molecular formula is C14H16N4O. The summed E-state index contributed by atoms with van der Waals surface area (Å²) in [6.07, 6.45) is 6.32. The van der Waals surface area contributed by atoms with Crippen molar-refractivity contribution in [3.63, 3.8) is 0 Å². The van der Waals surface area contributed by atoms with Crippen LogP contribution in [-0.4, -0.2) is 21.7 Å². The van der Waals surface area contributed by atoms with Crippen LogP contribution in [0.2, 0.25) is 0 Å². The highest BCUT2D eigenvalue weighted by Crippen LogP contribution is 2.17. The molecule has 0 amide bonds. The van der Waals surface area contributed by atoms with Crippen LogP contribution in [0, 0.1) is 0 Å². The maximum atomic E-state index is 11.8. The maximum absolute atomic E-state index is 11.8. The van der Waals surface area contributed by atoms with Gasteiger partial charge in [0.25, 0.3) is 0 Å². The molecule has 98 valence electrons. The zero-order chi connectivity index (χ0) is 13.1. The Hall–Kier alpha value is -2.17. The highest BCUT2D eigenvalue weighted by Gasteiger charge is 2.14. The summed E-state index contributed by atoms with van der Waals surface area (Å²) in [5.41, 5.74) is 5.51. The fourth-order valence-electron chi connectivity index (χ4n) is 2.30. The van der Waals surface area contributed by atoms with Gasteiger partial charge in [-0.15, -0.1) is 0 Å². The number of nitrogens with one attached hydrogen (secondary N) is 2. The Morgan fingerprint density at radius 3 is 3.05 bits per heavy atom. The lowest BCUT2D eigenvalue weighted by atomic mass is 10.1. The Labute approximate surface area is 111 Å². The largest absolute Gasteiger partial charge is 0.293 e. The van der Waals surface area contributed by atoms with E-state index in [1.807, 2.05) is 18.2 Å². The number of H-pyrrole nitrogens is 1. The third kappa shape index (κ3) is 2.65. The molecule has 1 aliphatic rings. The number of hydrogen-bond donors (Lipinski definition) is 2. The molecule has 19 heavy (non-hydrogen) atoms. The van der Waals surface area contributed by atoms with Gasteiger partial charge in [-0.25, -0.2) is 0 Å². The average molecular weight is 256 g/mol. The Bertz CT molecular complexity index is 629. The molecule has 1 aromatic heterocycles. The number of rotatable bonds is 2. The Kier molecular flexibility index (Phi) is 3.27. The van der Waals surface area contributed by atoms with E-state index in [1.165, 1.54) is 0 Å². The van der Waals surface area contributed by atoms with Gasteiger partial charge in [0.15, 0.2) is 5.78 Å². The van der Waals surface area contributed by atoms with Gasteiger partial charge >= 0.3 is 0 Å². The molecule has 3 rings (SSSR count). The van der Waals surface area contributed by atoms with Gasteiger partial charge in [0.05, 0.1) is 17.4 Å². The molecule has 1 saturated carbocycles. The molecule has 2 aromatic rings. The van der Waals surface area contributed by atoms with Crippen molar-refractivity contribution in [1.82, 2.24) is 10.2 Å². The van der Waals surface area contributed by atoms with Crippen molar-refractivity contribution in [3.05, 3.63) is 24.4 Å². The van der Waals surface area contributed by atoms with Crippen molar-refractivity contribution in [2.45, 2.75) is 32.1 Å². The summed E-state index contributed by atoms with van der Waals surface area (Å²) in [7, 11) is 0. The zero-order valence-electron chi connectivity index (χ0n) is 10.6. The number of hydrogen-bond acceptors (Lipinski definition) is 4. The van der Waals surface area contributed by atoms with Crippen LogP contribution < -0.4 is 5.43 Å². The smallest absolute Gasteiger partial charge is 0.178 e. The Morgan fingerprint density at radius 2 is 2.11 bits per heavy atom. The lowest BCUT2D eigenvalue weighted by Crippen LogP contribution is -2.13. The molecule has 0 atom stereocenters. The number of fused-ring (bicyclic) bond motifs is 1. The molecule has 1 aliphatic carbocycles. The number of ketones is 1. The van der Waals surface area contributed by atoms with Crippen LogP contribution in [0.1, 0.15) is 32.1 Å². The molecule has 0 radical (unpaired) electrons. The first-order valence-electron chi connectivity index (χ1n) is 6.62. The summed E-state index contributed by atoms with van der Waals surface area (Å²) in [5.74, 6) is 0.175. The average Bonchev–Trinajstić information content (AvgIpc) is 2.79. The summed E-state index contributed by atoms with van der Waals surface area (Å²) in [5, 5.41) is 12.2. The number of carbonyl (C=O) groups excluding carboxylic acids is 1. The van der Waals surface area contributed by atoms with E-state index in [0.717, 1.165) is 42.3 Å². The molecule has 1 fully saturated rings. The second-order valence-electron chi connectivity index (χ2n) is 4.83. The molecule has 1 heterocycles. The molecule has 2 N–H and O–H groups in total. The van der Waals surface area contributed by atoms with E-state index in [1.54, 1.807) is 6.20 Å². The summed E-state index contributed by atoms with van der Waals surface area (Å²) in [6.45, 7) is 0. The minimum Gasteiger partial charge on any atom is -0.293 e. The number of aromatic nitrogens is 2. The van der Waals surface area contributed by atoms with Crippen molar-refractivity contribution in [3.8, 4) is 0 Å². The van der Waals surface area contributed by atoms with Gasteiger partial charge in [-0.2, -0.15) is 10.2 Å². The standard InChI is InChI=1S/C14H16N4O/c19-14-5-3-1-2-4-13(14)18-16-11-6-7-12-10(8-11)9-15-17-12/h6-9,16H,1-5H2,(H,15,17)/b18-13+. The maximum Gasteiger partial charge on any atom is 0.178 e. The summed E-state index contributed by atoms with van der Waals surface area (Å²) < 4.78 is 0. The number of hydrazone groups is 1. The van der Waals surface area contributed by atoms with E-state index in [-0.39, 0.29) is 5.78 Å². The van der Waals surface area contributed by atoms with E-state index in [2.05, 4.69) is 20.7 Å². The normalized spacial score (nSPS) is 18.7. The Morgan fingerprint density at radius 1 is 1.21 bits per heavy atom. The molecule has 5 heteroatoms. The third-order valence-electron chi connectivity index (χ3n) is 3.40. The monoisotopic (exact) mass is 256 g/mol. The van der Waals surface area contributed by atoms with Crippen molar-refractivity contribution < 1.29 is 4.79 Å². The molecular weight excluding hydrogens is 240 g/mol. The minimum absolute atomic E-state index is 0.175. The first kappa shape index (κ1) is 11.9.